The van der Waals surface area contributed by atoms with E-state index in [1.807, 2.05) is 18.2 Å². The largest absolute Gasteiger partial charge is 0.491 e. The Balaban J connectivity index is 1.91. The standard InChI is InChI=1S/C13H11ClN2O3S/c14-13-12(6-3-7-15-13)20(17,18)16-10-8-19-11-5-2-1-4-9(10)11/h1-7,10,16H,8H2. The van der Waals surface area contributed by atoms with E-state index in [0.29, 0.717) is 5.75 Å². The van der Waals surface area contributed by atoms with E-state index in [0.717, 1.165) is 5.56 Å². The van der Waals surface area contributed by atoms with Crippen LogP contribution in [0.15, 0.2) is 47.5 Å². The summed E-state index contributed by atoms with van der Waals surface area (Å²) >= 11 is 5.83. The molecule has 0 fully saturated rings. The second-order valence-electron chi connectivity index (χ2n) is 4.32. The Morgan fingerprint density at radius 3 is 2.85 bits per heavy atom. The number of benzene rings is 1. The molecule has 2 aromatic rings. The number of ether oxygens (including phenoxy) is 1. The van der Waals surface area contributed by atoms with E-state index in [2.05, 4.69) is 9.71 Å². The van der Waals surface area contributed by atoms with Gasteiger partial charge in [-0.1, -0.05) is 29.8 Å². The number of hydrogen-bond acceptors (Lipinski definition) is 4. The minimum atomic E-state index is -3.74. The first kappa shape index (κ1) is 13.4. The van der Waals surface area contributed by atoms with Crippen molar-refractivity contribution in [2.75, 3.05) is 6.61 Å². The van der Waals surface area contributed by atoms with Crippen molar-refractivity contribution in [1.82, 2.24) is 9.71 Å². The zero-order valence-corrected chi connectivity index (χ0v) is 11.9. The molecule has 1 aromatic heterocycles. The van der Waals surface area contributed by atoms with Crippen LogP contribution >= 0.6 is 11.6 Å². The molecule has 1 N–H and O–H groups in total. The van der Waals surface area contributed by atoms with Crippen molar-refractivity contribution >= 4 is 21.6 Å². The normalized spacial score (nSPS) is 17.6. The van der Waals surface area contributed by atoms with Gasteiger partial charge < -0.3 is 4.74 Å². The predicted octanol–water partition coefficient (Wildman–Crippen LogP) is 2.15. The Morgan fingerprint density at radius 1 is 1.25 bits per heavy atom. The molecule has 0 spiro atoms. The summed E-state index contributed by atoms with van der Waals surface area (Å²) in [6.07, 6.45) is 1.44. The first-order valence-corrected chi connectivity index (χ1v) is 7.78. The molecule has 0 saturated heterocycles. The fourth-order valence-electron chi connectivity index (χ4n) is 2.08. The van der Waals surface area contributed by atoms with E-state index in [4.69, 9.17) is 16.3 Å². The van der Waals surface area contributed by atoms with Crippen molar-refractivity contribution in [1.29, 1.82) is 0 Å². The quantitative estimate of drug-likeness (QED) is 0.882. The van der Waals surface area contributed by atoms with Crippen LogP contribution in [0.25, 0.3) is 0 Å². The van der Waals surface area contributed by atoms with Crippen LogP contribution in [0.4, 0.5) is 0 Å². The highest BCUT2D eigenvalue weighted by Gasteiger charge is 2.29. The summed E-state index contributed by atoms with van der Waals surface area (Å²) in [5, 5.41) is -0.0489. The van der Waals surface area contributed by atoms with Crippen molar-refractivity contribution in [3.05, 3.63) is 53.3 Å². The first-order chi connectivity index (χ1) is 9.58. The highest BCUT2D eigenvalue weighted by molar-refractivity contribution is 7.89. The number of para-hydroxylation sites is 1. The van der Waals surface area contributed by atoms with E-state index in [1.165, 1.54) is 18.3 Å². The number of sulfonamides is 1. The van der Waals surface area contributed by atoms with Crippen LogP contribution in [0.5, 0.6) is 5.75 Å². The van der Waals surface area contributed by atoms with Gasteiger partial charge in [0.15, 0.2) is 0 Å². The van der Waals surface area contributed by atoms with Crippen LogP contribution in [0.2, 0.25) is 5.15 Å². The SMILES string of the molecule is O=S(=O)(NC1COc2ccccc21)c1cccnc1Cl. The van der Waals surface area contributed by atoms with Crippen LogP contribution in [0, 0.1) is 0 Å². The van der Waals surface area contributed by atoms with Crippen molar-refractivity contribution in [2.24, 2.45) is 0 Å². The lowest BCUT2D eigenvalue weighted by Gasteiger charge is -2.12. The molecule has 0 amide bonds. The highest BCUT2D eigenvalue weighted by atomic mass is 35.5. The van der Waals surface area contributed by atoms with Gasteiger partial charge in [-0.2, -0.15) is 4.72 Å². The van der Waals surface area contributed by atoms with Crippen molar-refractivity contribution in [3.63, 3.8) is 0 Å². The molecule has 0 bridgehead atoms. The molecule has 5 nitrogen and oxygen atoms in total. The van der Waals surface area contributed by atoms with Crippen LogP contribution in [-0.2, 0) is 10.0 Å². The Morgan fingerprint density at radius 2 is 2.05 bits per heavy atom. The van der Waals surface area contributed by atoms with Gasteiger partial charge in [0.05, 0.1) is 6.04 Å². The molecule has 1 aliphatic rings. The monoisotopic (exact) mass is 310 g/mol. The lowest BCUT2D eigenvalue weighted by atomic mass is 10.1. The predicted molar refractivity (Wildman–Crippen MR) is 74.2 cm³/mol. The summed E-state index contributed by atoms with van der Waals surface area (Å²) < 4.78 is 32.7. The molecule has 1 unspecified atom stereocenters. The molecule has 104 valence electrons. The van der Waals surface area contributed by atoms with Gasteiger partial charge in [0.25, 0.3) is 0 Å². The number of aromatic nitrogens is 1. The Labute approximate surface area is 121 Å². The van der Waals surface area contributed by atoms with Gasteiger partial charge in [-0.3, -0.25) is 0 Å². The fourth-order valence-corrected chi connectivity index (χ4v) is 3.74. The minimum absolute atomic E-state index is 0.0361. The average molecular weight is 311 g/mol. The third-order valence-electron chi connectivity index (χ3n) is 3.01. The second kappa shape index (κ2) is 5.05. The summed E-state index contributed by atoms with van der Waals surface area (Å²) in [6.45, 7) is 0.260. The maximum absolute atomic E-state index is 12.3. The smallest absolute Gasteiger partial charge is 0.244 e. The summed E-state index contributed by atoms with van der Waals surface area (Å²) in [5.41, 5.74) is 0.816. The number of halogens is 1. The van der Waals surface area contributed by atoms with Crippen molar-refractivity contribution in [2.45, 2.75) is 10.9 Å². The van der Waals surface area contributed by atoms with Crippen LogP contribution in [0.1, 0.15) is 11.6 Å². The summed E-state index contributed by atoms with van der Waals surface area (Å²) in [5.74, 6) is 0.692. The van der Waals surface area contributed by atoms with E-state index >= 15 is 0 Å². The highest BCUT2D eigenvalue weighted by Crippen LogP contribution is 2.33. The minimum Gasteiger partial charge on any atom is -0.491 e. The van der Waals surface area contributed by atoms with Crippen LogP contribution in [0.3, 0.4) is 0 Å². The van der Waals surface area contributed by atoms with E-state index in [1.54, 1.807) is 6.07 Å². The third-order valence-corrected chi connectivity index (χ3v) is 4.93. The first-order valence-electron chi connectivity index (χ1n) is 5.92. The molecule has 0 radical (unpaired) electrons. The number of nitrogens with one attached hydrogen (secondary N) is 1. The Bertz CT molecular complexity index is 749. The Hall–Kier alpha value is -1.63. The van der Waals surface area contributed by atoms with Gasteiger partial charge in [-0.15, -0.1) is 0 Å². The summed E-state index contributed by atoms with van der Waals surface area (Å²) in [7, 11) is -3.74. The maximum Gasteiger partial charge on any atom is 0.244 e. The zero-order chi connectivity index (χ0) is 14.2. The lowest BCUT2D eigenvalue weighted by molar-refractivity contribution is 0.325. The number of nitrogens with zero attached hydrogens (tertiary/aromatic N) is 1. The van der Waals surface area contributed by atoms with Gasteiger partial charge in [-0.25, -0.2) is 13.4 Å². The van der Waals surface area contributed by atoms with Crippen molar-refractivity contribution in [3.8, 4) is 5.75 Å². The number of hydrogen-bond donors (Lipinski definition) is 1. The molecule has 3 rings (SSSR count). The molecule has 20 heavy (non-hydrogen) atoms. The van der Waals surface area contributed by atoms with Crippen LogP contribution < -0.4 is 9.46 Å². The van der Waals surface area contributed by atoms with E-state index < -0.39 is 16.1 Å². The fraction of sp³-hybridized carbons (Fsp3) is 0.154. The van der Waals surface area contributed by atoms with E-state index in [-0.39, 0.29) is 16.7 Å². The van der Waals surface area contributed by atoms with Crippen molar-refractivity contribution < 1.29 is 13.2 Å². The number of pyridine rings is 1. The number of fused-ring (bicyclic) bond motifs is 1. The molecule has 1 aromatic carbocycles. The zero-order valence-electron chi connectivity index (χ0n) is 10.3. The van der Waals surface area contributed by atoms with Crippen LogP contribution in [-0.4, -0.2) is 20.0 Å². The maximum atomic E-state index is 12.3. The molecule has 0 aliphatic carbocycles. The molecule has 7 heteroatoms. The van der Waals surface area contributed by atoms with Gasteiger partial charge in [-0.05, 0) is 18.2 Å². The molecule has 2 heterocycles. The van der Waals surface area contributed by atoms with Gasteiger partial charge >= 0.3 is 0 Å². The van der Waals surface area contributed by atoms with Gasteiger partial charge in [0, 0.05) is 11.8 Å². The third kappa shape index (κ3) is 2.37. The van der Waals surface area contributed by atoms with Gasteiger partial charge in [0.1, 0.15) is 22.4 Å². The average Bonchev–Trinajstić information content (AvgIpc) is 2.82. The number of rotatable bonds is 3. The molecular formula is C13H11ClN2O3S. The molecule has 1 aliphatic heterocycles. The van der Waals surface area contributed by atoms with E-state index in [9.17, 15) is 8.42 Å². The molecule has 1 atom stereocenters. The molecule has 0 saturated carbocycles. The second-order valence-corrected chi connectivity index (χ2v) is 6.36. The topological polar surface area (TPSA) is 68.3 Å². The van der Waals surface area contributed by atoms with Gasteiger partial charge in [0.2, 0.25) is 10.0 Å². The summed E-state index contributed by atoms with van der Waals surface area (Å²) in [6, 6.07) is 9.84. The Kier molecular flexibility index (Phi) is 3.37. The molecular weight excluding hydrogens is 300 g/mol. The lowest BCUT2D eigenvalue weighted by Crippen LogP contribution is -2.29. The summed E-state index contributed by atoms with van der Waals surface area (Å²) in [4.78, 5) is 3.74.